The average Bonchev–Trinajstić information content (AvgIpc) is 3.96. The number of methoxy groups -OCH3 is 1. The lowest BCUT2D eigenvalue weighted by atomic mass is 10.0. The molecule has 0 unspecified atom stereocenters. The highest BCUT2D eigenvalue weighted by Crippen LogP contribution is 2.39. The number of nitrogens with zero attached hydrogens (tertiary/aromatic N) is 4. The molecule has 2 aromatic heterocycles. The number of imidazole rings is 2. The Kier molecular flexibility index (Phi) is 10.4. The highest BCUT2D eigenvalue weighted by Gasteiger charge is 2.37. The molecule has 0 aliphatic carbocycles. The van der Waals surface area contributed by atoms with Gasteiger partial charge in [-0.3, -0.25) is 9.59 Å². The summed E-state index contributed by atoms with van der Waals surface area (Å²) < 4.78 is 16.3. The predicted octanol–water partition coefficient (Wildman–Crippen LogP) is 4.58. The molecular weight excluding hydrogens is 650 g/mol. The molecule has 13 nitrogen and oxygen atoms in total. The molecule has 3 amide bonds. The van der Waals surface area contributed by atoms with Crippen molar-refractivity contribution in [1.29, 1.82) is 0 Å². The van der Waals surface area contributed by atoms with Crippen molar-refractivity contribution in [1.82, 2.24) is 35.1 Å². The number of aromatic amines is 2. The van der Waals surface area contributed by atoms with Crippen LogP contribution in [0.4, 0.5) is 4.79 Å². The molecule has 3 aromatic rings. The van der Waals surface area contributed by atoms with Crippen LogP contribution in [-0.2, 0) is 14.3 Å². The quantitative estimate of drug-likeness (QED) is 0.240. The first-order valence-electron chi connectivity index (χ1n) is 17.3. The molecular formula is C38H43N7O6. The summed E-state index contributed by atoms with van der Waals surface area (Å²) in [5.74, 6) is 14.7. The third-order valence-electron chi connectivity index (χ3n) is 9.42. The molecule has 0 spiro atoms. The van der Waals surface area contributed by atoms with Crippen molar-refractivity contribution >= 4 is 17.9 Å². The van der Waals surface area contributed by atoms with Crippen molar-refractivity contribution < 1.29 is 28.6 Å². The second kappa shape index (κ2) is 15.1. The van der Waals surface area contributed by atoms with Gasteiger partial charge in [0.15, 0.2) is 11.5 Å². The molecule has 3 N–H and O–H groups in total. The van der Waals surface area contributed by atoms with Crippen molar-refractivity contribution in [2.75, 3.05) is 27.0 Å². The third-order valence-corrected chi connectivity index (χ3v) is 9.42. The van der Waals surface area contributed by atoms with Gasteiger partial charge in [-0.15, -0.1) is 0 Å². The van der Waals surface area contributed by atoms with Gasteiger partial charge in [0.1, 0.15) is 29.1 Å². The number of rotatable bonds is 7. The van der Waals surface area contributed by atoms with Crippen molar-refractivity contribution in [2.24, 2.45) is 11.8 Å². The van der Waals surface area contributed by atoms with Gasteiger partial charge in [-0.25, -0.2) is 14.8 Å². The predicted molar refractivity (Wildman–Crippen MR) is 187 cm³/mol. The molecule has 0 saturated carbocycles. The topological polar surface area (TPSA) is 155 Å². The molecule has 0 radical (unpaired) electrons. The van der Waals surface area contributed by atoms with Crippen LogP contribution < -0.4 is 14.8 Å². The first kappa shape index (κ1) is 35.1. The van der Waals surface area contributed by atoms with Gasteiger partial charge in [-0.2, -0.15) is 0 Å². The van der Waals surface area contributed by atoms with Crippen molar-refractivity contribution in [3.63, 3.8) is 0 Å². The van der Waals surface area contributed by atoms with Gasteiger partial charge in [0, 0.05) is 18.7 Å². The van der Waals surface area contributed by atoms with E-state index in [9.17, 15) is 14.4 Å². The van der Waals surface area contributed by atoms with Crippen LogP contribution in [0.3, 0.4) is 0 Å². The highest BCUT2D eigenvalue weighted by molar-refractivity contribution is 5.93. The normalized spacial score (nSPS) is 18.3. The van der Waals surface area contributed by atoms with Gasteiger partial charge < -0.3 is 39.3 Å². The number of benzene rings is 1. The number of amides is 3. The Morgan fingerprint density at radius 1 is 0.882 bits per heavy atom. The Morgan fingerprint density at radius 2 is 1.41 bits per heavy atom. The first-order chi connectivity index (χ1) is 24.5. The SMILES string of the molecule is C=C(C(=O)N1CCC[C@H]1c1ncc(C#Cc2ccc(C#Cc3cnc([C@@H]4CCCN4C(=O)[C@@H](NC(=O)OC)C(C)C)[nH]3)c3c2OCO3)[nH]1)C(C)C. The molecule has 6 rings (SSSR count). The Hall–Kier alpha value is -5.69. The van der Waals surface area contributed by atoms with Gasteiger partial charge in [-0.1, -0.05) is 46.1 Å². The maximum atomic E-state index is 13.5. The number of hydrogen-bond acceptors (Lipinski definition) is 8. The van der Waals surface area contributed by atoms with Crippen LogP contribution in [-0.4, -0.2) is 80.7 Å². The van der Waals surface area contributed by atoms with E-state index < -0.39 is 12.1 Å². The number of carbonyl (C=O) groups is 3. The highest BCUT2D eigenvalue weighted by atomic mass is 16.7. The summed E-state index contributed by atoms with van der Waals surface area (Å²) in [5, 5.41) is 2.67. The molecule has 3 atom stereocenters. The fourth-order valence-electron chi connectivity index (χ4n) is 6.52. The van der Waals surface area contributed by atoms with Gasteiger partial charge in [0.25, 0.3) is 0 Å². The van der Waals surface area contributed by atoms with Crippen LogP contribution in [0.5, 0.6) is 11.5 Å². The van der Waals surface area contributed by atoms with E-state index in [1.165, 1.54) is 7.11 Å². The van der Waals surface area contributed by atoms with E-state index in [0.29, 0.717) is 64.3 Å². The van der Waals surface area contributed by atoms with E-state index in [1.807, 2.05) is 44.7 Å². The van der Waals surface area contributed by atoms with E-state index >= 15 is 0 Å². The van der Waals surface area contributed by atoms with Crippen LogP contribution in [0.2, 0.25) is 0 Å². The van der Waals surface area contributed by atoms with E-state index in [2.05, 4.69) is 55.5 Å². The Bertz CT molecular complexity index is 1950. The van der Waals surface area contributed by atoms with E-state index in [-0.39, 0.29) is 42.5 Å². The molecule has 0 bridgehead atoms. The fraction of sp³-hybridized carbons (Fsp3) is 0.447. The number of H-pyrrole nitrogens is 2. The molecule has 13 heteroatoms. The lowest BCUT2D eigenvalue weighted by Gasteiger charge is -2.29. The zero-order valence-corrected chi connectivity index (χ0v) is 29.6. The van der Waals surface area contributed by atoms with Crippen molar-refractivity contribution in [2.45, 2.75) is 71.5 Å². The summed E-state index contributed by atoms with van der Waals surface area (Å²) in [6, 6.07) is 2.56. The number of nitrogens with one attached hydrogen (secondary N) is 3. The average molecular weight is 694 g/mol. The van der Waals surface area contributed by atoms with Crippen molar-refractivity contribution in [3.05, 3.63) is 70.8 Å². The second-order valence-electron chi connectivity index (χ2n) is 13.5. The number of fused-ring (bicyclic) bond motifs is 1. The smallest absolute Gasteiger partial charge is 0.407 e. The lowest BCUT2D eigenvalue weighted by molar-refractivity contribution is -0.135. The Labute approximate surface area is 297 Å². The summed E-state index contributed by atoms with van der Waals surface area (Å²) in [6.07, 6.45) is 5.97. The summed E-state index contributed by atoms with van der Waals surface area (Å²) in [5.41, 5.74) is 3.09. The van der Waals surface area contributed by atoms with Crippen LogP contribution in [0.25, 0.3) is 0 Å². The summed E-state index contributed by atoms with van der Waals surface area (Å²) in [6.45, 7) is 13.0. The van der Waals surface area contributed by atoms with Gasteiger partial charge in [-0.05, 0) is 61.5 Å². The first-order valence-corrected chi connectivity index (χ1v) is 17.3. The number of hydrogen-bond donors (Lipinski definition) is 3. The summed E-state index contributed by atoms with van der Waals surface area (Å²) in [4.78, 5) is 57.6. The van der Waals surface area contributed by atoms with E-state index in [0.717, 1.165) is 25.7 Å². The zero-order valence-electron chi connectivity index (χ0n) is 29.6. The van der Waals surface area contributed by atoms with Crippen LogP contribution >= 0.6 is 0 Å². The van der Waals surface area contributed by atoms with Gasteiger partial charge in [0.05, 0.1) is 42.7 Å². The largest absolute Gasteiger partial charge is 0.453 e. The Morgan fingerprint density at radius 3 is 1.92 bits per heavy atom. The van der Waals surface area contributed by atoms with Crippen LogP contribution in [0, 0.1) is 35.5 Å². The van der Waals surface area contributed by atoms with Crippen molar-refractivity contribution in [3.8, 4) is 35.2 Å². The summed E-state index contributed by atoms with van der Waals surface area (Å²) in [7, 11) is 1.28. The number of aromatic nitrogens is 4. The molecule has 266 valence electrons. The molecule has 51 heavy (non-hydrogen) atoms. The molecule has 2 saturated heterocycles. The maximum Gasteiger partial charge on any atom is 0.407 e. The lowest BCUT2D eigenvalue weighted by Crippen LogP contribution is -2.51. The Balaban J connectivity index is 1.15. The number of ether oxygens (including phenoxy) is 3. The molecule has 3 aliphatic heterocycles. The minimum Gasteiger partial charge on any atom is -0.453 e. The standard InChI is InChI=1S/C38H43N7O6/c1-22(2)24(5)36(46)44-17-7-9-29(44)34-39-19-27(41-34)15-13-25-11-12-26(33-32(25)50-21-51-33)14-16-28-20-40-35(42-28)30-10-8-18-45(30)37(47)31(23(3)4)43-38(48)49-6/h11-12,19-20,22-23,29-31H,5,7-10,17-18,21H2,1-4,6H3,(H,39,41)(H,40,42)(H,43,48)/t29-,30-,31-/m0/s1. The van der Waals surface area contributed by atoms with Crippen LogP contribution in [0.1, 0.15) is 99.6 Å². The minimum absolute atomic E-state index is 0.0287. The van der Waals surface area contributed by atoms with Gasteiger partial charge in [0.2, 0.25) is 18.6 Å². The number of likely N-dealkylation sites (tertiary alicyclic amines) is 2. The monoisotopic (exact) mass is 693 g/mol. The number of carbonyl (C=O) groups excluding carboxylic acids is 3. The van der Waals surface area contributed by atoms with Crippen LogP contribution in [0.15, 0.2) is 36.7 Å². The van der Waals surface area contributed by atoms with Gasteiger partial charge >= 0.3 is 6.09 Å². The molecule has 3 aliphatic rings. The molecule has 2 fully saturated rings. The third kappa shape index (κ3) is 7.43. The molecule has 1 aromatic carbocycles. The zero-order chi connectivity index (χ0) is 36.2. The molecule has 5 heterocycles. The second-order valence-corrected chi connectivity index (χ2v) is 13.5. The van der Waals surface area contributed by atoms with E-state index in [4.69, 9.17) is 14.2 Å². The number of alkyl carbamates (subject to hydrolysis) is 1. The maximum absolute atomic E-state index is 13.5. The fourth-order valence-corrected chi connectivity index (χ4v) is 6.52. The summed E-state index contributed by atoms with van der Waals surface area (Å²) >= 11 is 0. The minimum atomic E-state index is -0.711. The van der Waals surface area contributed by atoms with E-state index in [1.54, 1.807) is 17.3 Å².